The van der Waals surface area contributed by atoms with Crippen LogP contribution in [0.4, 0.5) is 0 Å². The second-order valence-electron chi connectivity index (χ2n) is 5.37. The standard InChI is InChI=1S/C15H15NO4S/c1-21-10-4-3-9(7-10)16-13(17)11-5-2-8(15(19)20)6-12(11)14(16)18/h2,5-6,9-10H,3-4,7H2,1H3,(H,19,20). The number of hydrogen-bond acceptors (Lipinski definition) is 4. The Morgan fingerprint density at radius 2 is 1.95 bits per heavy atom. The first kappa shape index (κ1) is 14.1. The summed E-state index contributed by atoms with van der Waals surface area (Å²) in [6.45, 7) is 0. The average molecular weight is 305 g/mol. The Balaban J connectivity index is 1.92. The van der Waals surface area contributed by atoms with Gasteiger partial charge in [0.05, 0.1) is 16.7 Å². The molecule has 0 saturated heterocycles. The maximum Gasteiger partial charge on any atom is 0.335 e. The van der Waals surface area contributed by atoms with Gasteiger partial charge in [-0.3, -0.25) is 14.5 Å². The molecule has 3 rings (SSSR count). The largest absolute Gasteiger partial charge is 0.478 e. The molecule has 21 heavy (non-hydrogen) atoms. The molecule has 2 atom stereocenters. The van der Waals surface area contributed by atoms with E-state index in [0.29, 0.717) is 10.8 Å². The van der Waals surface area contributed by atoms with Crippen molar-refractivity contribution in [2.45, 2.75) is 30.6 Å². The number of aromatic carboxylic acids is 1. The molecular formula is C15H15NO4S. The highest BCUT2D eigenvalue weighted by atomic mass is 32.2. The number of carbonyl (C=O) groups excluding carboxylic acids is 2. The number of imide groups is 1. The molecule has 5 nitrogen and oxygen atoms in total. The molecule has 6 heteroatoms. The van der Waals surface area contributed by atoms with Gasteiger partial charge in [0.1, 0.15) is 0 Å². The minimum absolute atomic E-state index is 0.0326. The Morgan fingerprint density at radius 3 is 2.57 bits per heavy atom. The van der Waals surface area contributed by atoms with E-state index < -0.39 is 5.97 Å². The summed E-state index contributed by atoms with van der Waals surface area (Å²) in [5.74, 6) is -1.75. The molecule has 2 amide bonds. The summed E-state index contributed by atoms with van der Waals surface area (Å²) in [6.07, 6.45) is 4.68. The number of carboxylic acids is 1. The zero-order chi connectivity index (χ0) is 15.1. The molecule has 1 aromatic carbocycles. The first-order valence-electron chi connectivity index (χ1n) is 6.81. The molecule has 1 heterocycles. The number of carboxylic acid groups (broad SMARTS) is 1. The summed E-state index contributed by atoms with van der Waals surface area (Å²) in [7, 11) is 0. The van der Waals surface area contributed by atoms with Crippen molar-refractivity contribution in [3.8, 4) is 0 Å². The van der Waals surface area contributed by atoms with Gasteiger partial charge in [-0.2, -0.15) is 11.8 Å². The third kappa shape index (κ3) is 2.23. The number of rotatable bonds is 3. The average Bonchev–Trinajstić information content (AvgIpc) is 3.03. The number of fused-ring (bicyclic) bond motifs is 1. The topological polar surface area (TPSA) is 74.7 Å². The summed E-state index contributed by atoms with van der Waals surface area (Å²) in [4.78, 5) is 37.2. The van der Waals surface area contributed by atoms with E-state index in [1.807, 2.05) is 6.26 Å². The minimum atomic E-state index is -1.10. The van der Waals surface area contributed by atoms with Crippen LogP contribution in [0, 0.1) is 0 Å². The lowest BCUT2D eigenvalue weighted by Crippen LogP contribution is -2.38. The van der Waals surface area contributed by atoms with E-state index in [0.717, 1.165) is 19.3 Å². The molecular weight excluding hydrogens is 290 g/mol. The fraction of sp³-hybridized carbons (Fsp3) is 0.400. The van der Waals surface area contributed by atoms with Crippen molar-refractivity contribution in [3.63, 3.8) is 0 Å². The molecule has 0 radical (unpaired) electrons. The van der Waals surface area contributed by atoms with Crippen molar-refractivity contribution < 1.29 is 19.5 Å². The summed E-state index contributed by atoms with van der Waals surface area (Å²) < 4.78 is 0. The van der Waals surface area contributed by atoms with Gasteiger partial charge in [-0.15, -0.1) is 0 Å². The lowest BCUT2D eigenvalue weighted by atomic mass is 10.1. The maximum absolute atomic E-state index is 12.5. The first-order valence-corrected chi connectivity index (χ1v) is 8.09. The summed E-state index contributed by atoms with van der Waals surface area (Å²) >= 11 is 1.76. The molecule has 1 fully saturated rings. The van der Waals surface area contributed by atoms with Gasteiger partial charge in [0.15, 0.2) is 0 Å². The van der Waals surface area contributed by atoms with Gasteiger partial charge in [-0.1, -0.05) is 0 Å². The quantitative estimate of drug-likeness (QED) is 0.867. The van der Waals surface area contributed by atoms with Gasteiger partial charge >= 0.3 is 5.97 Å². The highest BCUT2D eigenvalue weighted by Gasteiger charge is 2.42. The van der Waals surface area contributed by atoms with E-state index in [1.165, 1.54) is 23.1 Å². The Bertz CT molecular complexity index is 643. The number of benzene rings is 1. The van der Waals surface area contributed by atoms with Crippen molar-refractivity contribution in [2.75, 3.05) is 6.26 Å². The predicted molar refractivity (Wildman–Crippen MR) is 78.8 cm³/mol. The molecule has 1 saturated carbocycles. The van der Waals surface area contributed by atoms with Crippen molar-refractivity contribution in [1.82, 2.24) is 4.90 Å². The van der Waals surface area contributed by atoms with Gasteiger partial charge in [0, 0.05) is 11.3 Å². The SMILES string of the molecule is CSC1CCC(N2C(=O)c3ccc(C(=O)O)cc3C2=O)C1. The van der Waals surface area contributed by atoms with Crippen molar-refractivity contribution in [2.24, 2.45) is 0 Å². The Morgan fingerprint density at radius 1 is 1.24 bits per heavy atom. The third-order valence-corrected chi connectivity index (χ3v) is 5.32. The molecule has 2 aliphatic rings. The number of nitrogens with zero attached hydrogens (tertiary/aromatic N) is 1. The van der Waals surface area contributed by atoms with Crippen LogP contribution in [-0.4, -0.2) is 45.3 Å². The van der Waals surface area contributed by atoms with Crippen LogP contribution < -0.4 is 0 Å². The van der Waals surface area contributed by atoms with Gasteiger partial charge in [-0.25, -0.2) is 4.79 Å². The van der Waals surface area contributed by atoms with E-state index in [-0.39, 0.29) is 29.0 Å². The lowest BCUT2D eigenvalue weighted by molar-refractivity contribution is 0.0587. The van der Waals surface area contributed by atoms with Crippen LogP contribution in [0.1, 0.15) is 50.3 Å². The van der Waals surface area contributed by atoms with Crippen LogP contribution in [0.25, 0.3) is 0 Å². The highest BCUT2D eigenvalue weighted by Crippen LogP contribution is 2.35. The molecule has 1 aliphatic carbocycles. The molecule has 0 aromatic heterocycles. The maximum atomic E-state index is 12.5. The second-order valence-corrected chi connectivity index (χ2v) is 6.51. The molecule has 1 aromatic rings. The Hall–Kier alpha value is -1.82. The van der Waals surface area contributed by atoms with Crippen molar-refractivity contribution in [3.05, 3.63) is 34.9 Å². The number of thioether (sulfide) groups is 1. The van der Waals surface area contributed by atoms with Crippen LogP contribution in [0.3, 0.4) is 0 Å². The fourth-order valence-corrected chi connectivity index (χ4v) is 3.88. The van der Waals surface area contributed by atoms with Gasteiger partial charge in [-0.05, 0) is 43.7 Å². The lowest BCUT2D eigenvalue weighted by Gasteiger charge is -2.21. The summed E-state index contributed by atoms with van der Waals surface area (Å²) in [5.41, 5.74) is 0.565. The van der Waals surface area contributed by atoms with E-state index in [4.69, 9.17) is 5.11 Å². The van der Waals surface area contributed by atoms with Gasteiger partial charge in [0.2, 0.25) is 0 Å². The summed E-state index contributed by atoms with van der Waals surface area (Å²) in [6, 6.07) is 4.05. The van der Waals surface area contributed by atoms with E-state index >= 15 is 0 Å². The summed E-state index contributed by atoms with van der Waals surface area (Å²) in [5, 5.41) is 9.48. The van der Waals surface area contributed by atoms with Crippen molar-refractivity contribution >= 4 is 29.5 Å². The second kappa shape index (κ2) is 5.18. The molecule has 1 N–H and O–H groups in total. The van der Waals surface area contributed by atoms with Crippen LogP contribution in [0.5, 0.6) is 0 Å². The van der Waals surface area contributed by atoms with E-state index in [2.05, 4.69) is 0 Å². The zero-order valence-electron chi connectivity index (χ0n) is 11.5. The third-order valence-electron chi connectivity index (χ3n) is 4.22. The first-order chi connectivity index (χ1) is 10.0. The smallest absolute Gasteiger partial charge is 0.335 e. The minimum Gasteiger partial charge on any atom is -0.478 e. The molecule has 1 aliphatic heterocycles. The number of hydrogen-bond donors (Lipinski definition) is 1. The molecule has 0 spiro atoms. The van der Waals surface area contributed by atoms with Crippen molar-refractivity contribution in [1.29, 1.82) is 0 Å². The monoisotopic (exact) mass is 305 g/mol. The van der Waals surface area contributed by atoms with Gasteiger partial charge < -0.3 is 5.11 Å². The number of carbonyl (C=O) groups is 3. The Labute approximate surface area is 126 Å². The van der Waals surface area contributed by atoms with E-state index in [1.54, 1.807) is 11.8 Å². The Kier molecular flexibility index (Phi) is 3.49. The van der Waals surface area contributed by atoms with Crippen LogP contribution >= 0.6 is 11.8 Å². The molecule has 0 bridgehead atoms. The van der Waals surface area contributed by atoms with Crippen LogP contribution in [0.2, 0.25) is 0 Å². The normalized spacial score (nSPS) is 24.5. The highest BCUT2D eigenvalue weighted by molar-refractivity contribution is 7.99. The van der Waals surface area contributed by atoms with Gasteiger partial charge in [0.25, 0.3) is 11.8 Å². The van der Waals surface area contributed by atoms with Crippen LogP contribution in [-0.2, 0) is 0 Å². The van der Waals surface area contributed by atoms with E-state index in [9.17, 15) is 14.4 Å². The van der Waals surface area contributed by atoms with Crippen LogP contribution in [0.15, 0.2) is 18.2 Å². The molecule has 2 unspecified atom stereocenters. The fourth-order valence-electron chi connectivity index (χ4n) is 3.09. The molecule has 110 valence electrons. The number of amides is 2. The predicted octanol–water partition coefficient (Wildman–Crippen LogP) is 2.26. The zero-order valence-corrected chi connectivity index (χ0v) is 12.4.